The van der Waals surface area contributed by atoms with Crippen LogP contribution >= 0.6 is 11.6 Å². The Morgan fingerprint density at radius 1 is 1.33 bits per heavy atom. The summed E-state index contributed by atoms with van der Waals surface area (Å²) in [4.78, 5) is 0. The van der Waals surface area contributed by atoms with Gasteiger partial charge in [-0.1, -0.05) is 13.3 Å². The molecule has 0 spiro atoms. The van der Waals surface area contributed by atoms with Gasteiger partial charge in [-0.3, -0.25) is 0 Å². The fraction of sp³-hybridized carbons (Fsp3) is 1.00. The van der Waals surface area contributed by atoms with Crippen LogP contribution in [0.15, 0.2) is 0 Å². The molecule has 1 N–H and O–H groups in total. The third kappa shape index (κ3) is 4.26. The smallest absolute Gasteiger partial charge is 0.201 e. The summed E-state index contributed by atoms with van der Waals surface area (Å²) in [6.07, 6.45) is 3.81. The van der Waals surface area contributed by atoms with Crippen molar-refractivity contribution in [1.29, 1.82) is 0 Å². The Bertz CT molecular complexity index is 276. The van der Waals surface area contributed by atoms with Gasteiger partial charge >= 0.3 is 0 Å². The Hall–Kier alpha value is 0.160. The van der Waals surface area contributed by atoms with Crippen molar-refractivity contribution in [2.24, 2.45) is 0 Å². The van der Waals surface area contributed by atoms with E-state index in [0.717, 1.165) is 25.7 Å². The third-order valence-corrected chi connectivity index (χ3v) is 4.62. The van der Waals surface area contributed by atoms with Crippen molar-refractivity contribution in [3.63, 3.8) is 0 Å². The number of alkyl halides is 1. The second kappa shape index (κ2) is 6.03. The molecule has 0 bridgehead atoms. The molecule has 1 unspecified atom stereocenters. The predicted molar refractivity (Wildman–Crippen MR) is 62.3 cm³/mol. The van der Waals surface area contributed by atoms with Gasteiger partial charge in [0.2, 0.25) is 0 Å². The van der Waals surface area contributed by atoms with Crippen LogP contribution in [0.5, 0.6) is 0 Å². The first-order valence-electron chi connectivity index (χ1n) is 5.45. The van der Waals surface area contributed by atoms with E-state index in [1.807, 2.05) is 6.92 Å². The fourth-order valence-electron chi connectivity index (χ4n) is 1.54. The van der Waals surface area contributed by atoms with Gasteiger partial charge in [-0.15, -0.1) is 11.6 Å². The molecule has 0 aliphatic carbocycles. The number of hydrogen-bond donors (Lipinski definition) is 1. The molecule has 4 nitrogen and oxygen atoms in total. The van der Waals surface area contributed by atoms with Crippen molar-refractivity contribution in [1.82, 2.24) is 9.03 Å². The van der Waals surface area contributed by atoms with Crippen molar-refractivity contribution in [3.8, 4) is 0 Å². The maximum Gasteiger partial charge on any atom is 0.279 e. The van der Waals surface area contributed by atoms with Gasteiger partial charge in [-0.2, -0.15) is 12.7 Å². The van der Waals surface area contributed by atoms with Gasteiger partial charge < -0.3 is 0 Å². The molecule has 15 heavy (non-hydrogen) atoms. The van der Waals surface area contributed by atoms with Crippen LogP contribution in [0.4, 0.5) is 0 Å². The van der Waals surface area contributed by atoms with Gasteiger partial charge in [0.1, 0.15) is 0 Å². The van der Waals surface area contributed by atoms with Gasteiger partial charge in [0.15, 0.2) is 0 Å². The Morgan fingerprint density at radius 2 is 1.93 bits per heavy atom. The Labute approximate surface area is 97.2 Å². The molecule has 1 heterocycles. The number of hydrogen-bond acceptors (Lipinski definition) is 2. The minimum absolute atomic E-state index is 0.121. The van der Waals surface area contributed by atoms with Crippen LogP contribution in [0.25, 0.3) is 0 Å². The number of piperidine rings is 1. The molecule has 1 aliphatic heterocycles. The lowest BCUT2D eigenvalue weighted by atomic mass is 10.2. The first kappa shape index (κ1) is 13.2. The van der Waals surface area contributed by atoms with Crippen LogP contribution in [-0.4, -0.2) is 37.7 Å². The van der Waals surface area contributed by atoms with Crippen molar-refractivity contribution in [3.05, 3.63) is 0 Å². The highest BCUT2D eigenvalue weighted by Crippen LogP contribution is 2.12. The van der Waals surface area contributed by atoms with Crippen molar-refractivity contribution >= 4 is 21.8 Å². The lowest BCUT2D eigenvalue weighted by Gasteiger charge is -2.26. The second-order valence-corrected chi connectivity index (χ2v) is 6.19. The Balaban J connectivity index is 2.43. The van der Waals surface area contributed by atoms with Crippen LogP contribution < -0.4 is 4.72 Å². The maximum atomic E-state index is 11.8. The number of nitrogens with one attached hydrogen (secondary N) is 1. The second-order valence-electron chi connectivity index (χ2n) is 3.82. The monoisotopic (exact) mass is 254 g/mol. The molecule has 1 fully saturated rings. The number of rotatable bonds is 5. The van der Waals surface area contributed by atoms with E-state index in [0.29, 0.717) is 19.6 Å². The molecule has 0 saturated carbocycles. The predicted octanol–water partition coefficient (Wildman–Crippen LogP) is 1.32. The van der Waals surface area contributed by atoms with Gasteiger partial charge in [0, 0.05) is 25.0 Å². The summed E-state index contributed by atoms with van der Waals surface area (Å²) in [7, 11) is -3.29. The van der Waals surface area contributed by atoms with E-state index in [2.05, 4.69) is 4.72 Å². The first-order chi connectivity index (χ1) is 7.06. The molecule has 1 aliphatic rings. The average Bonchev–Trinajstić information content (AvgIpc) is 2.27. The normalized spacial score (nSPS) is 21.5. The quantitative estimate of drug-likeness (QED) is 0.753. The molecule has 0 aromatic heterocycles. The zero-order valence-corrected chi connectivity index (χ0v) is 10.6. The van der Waals surface area contributed by atoms with Gasteiger partial charge in [0.25, 0.3) is 10.2 Å². The number of halogens is 1. The summed E-state index contributed by atoms with van der Waals surface area (Å²) in [5.74, 6) is 0. The largest absolute Gasteiger partial charge is 0.279 e. The summed E-state index contributed by atoms with van der Waals surface area (Å²) in [5, 5.41) is -0.121. The zero-order valence-electron chi connectivity index (χ0n) is 9.08. The molecule has 90 valence electrons. The first-order valence-corrected chi connectivity index (χ1v) is 7.32. The van der Waals surface area contributed by atoms with Crippen LogP contribution in [0, 0.1) is 0 Å². The highest BCUT2D eigenvalue weighted by atomic mass is 35.5. The van der Waals surface area contributed by atoms with Crippen LogP contribution in [0.1, 0.15) is 32.6 Å². The number of nitrogens with zero attached hydrogens (tertiary/aromatic N) is 1. The molecule has 0 aromatic rings. The third-order valence-electron chi connectivity index (χ3n) is 2.59. The molecule has 6 heteroatoms. The van der Waals surface area contributed by atoms with Crippen LogP contribution in [0.3, 0.4) is 0 Å². The Kier molecular flexibility index (Phi) is 5.32. The summed E-state index contributed by atoms with van der Waals surface area (Å²) < 4.78 is 27.6. The molecule has 0 radical (unpaired) electrons. The molecule has 1 atom stereocenters. The average molecular weight is 255 g/mol. The van der Waals surface area contributed by atoms with Gasteiger partial charge in [0.05, 0.1) is 0 Å². The summed E-state index contributed by atoms with van der Waals surface area (Å²) in [6.45, 7) is 3.52. The standard InChI is InChI=1S/C9H19ClN2O2S/c1-2-9(10)8-11-15(13,14)12-6-4-3-5-7-12/h9,11H,2-8H2,1H3. The zero-order chi connectivity index (χ0) is 11.3. The lowest BCUT2D eigenvalue weighted by Crippen LogP contribution is -2.44. The van der Waals surface area contributed by atoms with E-state index in [1.165, 1.54) is 4.31 Å². The fourth-order valence-corrected chi connectivity index (χ4v) is 3.04. The molecule has 0 aromatic carbocycles. The van der Waals surface area contributed by atoms with Crippen molar-refractivity contribution in [2.45, 2.75) is 38.0 Å². The lowest BCUT2D eigenvalue weighted by molar-refractivity contribution is 0.341. The van der Waals surface area contributed by atoms with Gasteiger partial charge in [-0.25, -0.2) is 4.72 Å². The minimum atomic E-state index is -3.29. The Morgan fingerprint density at radius 3 is 2.47 bits per heavy atom. The summed E-state index contributed by atoms with van der Waals surface area (Å²) in [6, 6.07) is 0. The van der Waals surface area contributed by atoms with E-state index in [9.17, 15) is 8.42 Å². The highest BCUT2D eigenvalue weighted by Gasteiger charge is 2.23. The molecule has 1 rings (SSSR count). The summed E-state index contributed by atoms with van der Waals surface area (Å²) >= 11 is 5.86. The minimum Gasteiger partial charge on any atom is -0.201 e. The van der Waals surface area contributed by atoms with E-state index in [1.54, 1.807) is 0 Å². The van der Waals surface area contributed by atoms with E-state index >= 15 is 0 Å². The maximum absolute atomic E-state index is 11.8. The van der Waals surface area contributed by atoms with Crippen LogP contribution in [-0.2, 0) is 10.2 Å². The summed E-state index contributed by atoms with van der Waals surface area (Å²) in [5.41, 5.74) is 0. The van der Waals surface area contributed by atoms with E-state index in [4.69, 9.17) is 11.6 Å². The van der Waals surface area contributed by atoms with Crippen molar-refractivity contribution in [2.75, 3.05) is 19.6 Å². The van der Waals surface area contributed by atoms with E-state index < -0.39 is 10.2 Å². The van der Waals surface area contributed by atoms with E-state index in [-0.39, 0.29) is 5.38 Å². The SMILES string of the molecule is CCC(Cl)CNS(=O)(=O)N1CCCCC1. The molecular weight excluding hydrogens is 236 g/mol. The van der Waals surface area contributed by atoms with Gasteiger partial charge in [-0.05, 0) is 19.3 Å². The molecule has 1 saturated heterocycles. The van der Waals surface area contributed by atoms with Crippen molar-refractivity contribution < 1.29 is 8.42 Å². The topological polar surface area (TPSA) is 49.4 Å². The highest BCUT2D eigenvalue weighted by molar-refractivity contribution is 7.87. The molecular formula is C9H19ClN2O2S. The van der Waals surface area contributed by atoms with Crippen LogP contribution in [0.2, 0.25) is 0 Å². The molecule has 0 amide bonds.